The zero-order chi connectivity index (χ0) is 13.3. The highest BCUT2D eigenvalue weighted by molar-refractivity contribution is 14.1. The molecule has 0 aromatic heterocycles. The molecule has 1 saturated carbocycles. The molecule has 1 fully saturated rings. The molecule has 2 rings (SSSR count). The van der Waals surface area contributed by atoms with Crippen molar-refractivity contribution in [2.75, 3.05) is 0 Å². The second-order valence-corrected chi connectivity index (χ2v) is 6.95. The van der Waals surface area contributed by atoms with Crippen LogP contribution in [0.3, 0.4) is 0 Å². The minimum absolute atomic E-state index is 0.235. The Morgan fingerprint density at radius 1 is 1.22 bits per heavy atom. The summed E-state index contributed by atoms with van der Waals surface area (Å²) >= 11 is 2.11. The second-order valence-electron chi connectivity index (χ2n) is 5.79. The van der Waals surface area contributed by atoms with Gasteiger partial charge in [-0.25, -0.2) is 4.39 Å². The van der Waals surface area contributed by atoms with Crippen molar-refractivity contribution in [1.29, 1.82) is 0 Å². The minimum Gasteiger partial charge on any atom is -0.388 e. The Morgan fingerprint density at radius 2 is 1.83 bits per heavy atom. The van der Waals surface area contributed by atoms with Gasteiger partial charge in [0.15, 0.2) is 0 Å². The fraction of sp³-hybridized carbons (Fsp3) is 0.600. The van der Waals surface area contributed by atoms with Crippen molar-refractivity contribution in [2.45, 2.75) is 39.2 Å². The first-order chi connectivity index (χ1) is 8.47. The Labute approximate surface area is 122 Å². The maximum Gasteiger partial charge on any atom is 0.124 e. The number of halogens is 2. The highest BCUT2D eigenvalue weighted by Gasteiger charge is 2.30. The number of benzene rings is 1. The summed E-state index contributed by atoms with van der Waals surface area (Å²) in [5.41, 5.74) is 0.878. The third kappa shape index (κ3) is 3.23. The van der Waals surface area contributed by atoms with Crippen LogP contribution < -0.4 is 0 Å². The van der Waals surface area contributed by atoms with Gasteiger partial charge in [-0.2, -0.15) is 0 Å². The van der Waals surface area contributed by atoms with Crippen LogP contribution in [-0.2, 0) is 0 Å². The summed E-state index contributed by atoms with van der Waals surface area (Å²) in [5, 5.41) is 10.5. The van der Waals surface area contributed by atoms with Gasteiger partial charge in [-0.15, -0.1) is 0 Å². The third-order valence-electron chi connectivity index (χ3n) is 3.94. The van der Waals surface area contributed by atoms with Gasteiger partial charge in [-0.1, -0.05) is 19.9 Å². The first kappa shape index (κ1) is 14.3. The lowest BCUT2D eigenvalue weighted by Gasteiger charge is -2.34. The van der Waals surface area contributed by atoms with Gasteiger partial charge in [-0.3, -0.25) is 0 Å². The first-order valence-electron chi connectivity index (χ1n) is 6.60. The van der Waals surface area contributed by atoms with Gasteiger partial charge in [0.05, 0.1) is 6.10 Å². The molecule has 3 unspecified atom stereocenters. The van der Waals surface area contributed by atoms with Crippen LogP contribution in [-0.4, -0.2) is 5.11 Å². The van der Waals surface area contributed by atoms with Crippen molar-refractivity contribution in [2.24, 2.45) is 17.8 Å². The van der Waals surface area contributed by atoms with Gasteiger partial charge in [0.2, 0.25) is 0 Å². The maximum atomic E-state index is 13.1. The summed E-state index contributed by atoms with van der Waals surface area (Å²) in [6.07, 6.45) is 2.93. The van der Waals surface area contributed by atoms with E-state index >= 15 is 0 Å². The van der Waals surface area contributed by atoms with E-state index in [1.54, 1.807) is 6.07 Å². The topological polar surface area (TPSA) is 20.2 Å². The molecule has 3 atom stereocenters. The lowest BCUT2D eigenvalue weighted by atomic mass is 9.73. The predicted octanol–water partition coefficient (Wildman–Crippen LogP) is 4.54. The number of aliphatic hydroxyl groups excluding tert-OH is 1. The van der Waals surface area contributed by atoms with Crippen molar-refractivity contribution < 1.29 is 9.50 Å². The van der Waals surface area contributed by atoms with Crippen LogP contribution in [0.4, 0.5) is 4.39 Å². The van der Waals surface area contributed by atoms with Crippen LogP contribution in [0.15, 0.2) is 18.2 Å². The van der Waals surface area contributed by atoms with Crippen molar-refractivity contribution in [1.82, 2.24) is 0 Å². The van der Waals surface area contributed by atoms with Crippen LogP contribution in [0.25, 0.3) is 0 Å². The molecule has 0 radical (unpaired) electrons. The van der Waals surface area contributed by atoms with Crippen LogP contribution in [0.5, 0.6) is 0 Å². The number of hydrogen-bond acceptors (Lipinski definition) is 1. The highest BCUT2D eigenvalue weighted by atomic mass is 127. The van der Waals surface area contributed by atoms with E-state index in [1.165, 1.54) is 18.6 Å². The lowest BCUT2D eigenvalue weighted by Crippen LogP contribution is -2.25. The van der Waals surface area contributed by atoms with Gasteiger partial charge >= 0.3 is 0 Å². The standard InChI is InChI=1S/C15H20FIO/c1-9-5-10(2)7-11(6-9)15(18)13-4-3-12(16)8-14(13)17/h3-4,8-11,15,18H,5-7H2,1-2H3. The average Bonchev–Trinajstić information content (AvgIpc) is 2.26. The number of rotatable bonds is 2. The summed E-state index contributed by atoms with van der Waals surface area (Å²) in [6.45, 7) is 4.51. The molecule has 0 bridgehead atoms. The van der Waals surface area contributed by atoms with Crippen molar-refractivity contribution in [3.05, 3.63) is 33.1 Å². The smallest absolute Gasteiger partial charge is 0.124 e. The fourth-order valence-corrected chi connectivity index (χ4v) is 4.06. The quantitative estimate of drug-likeness (QED) is 0.767. The summed E-state index contributed by atoms with van der Waals surface area (Å²) in [7, 11) is 0. The zero-order valence-electron chi connectivity index (χ0n) is 10.9. The van der Waals surface area contributed by atoms with Gasteiger partial charge in [0.1, 0.15) is 5.82 Å². The lowest BCUT2D eigenvalue weighted by molar-refractivity contribution is 0.0546. The summed E-state index contributed by atoms with van der Waals surface area (Å²) in [6, 6.07) is 4.66. The monoisotopic (exact) mass is 362 g/mol. The molecule has 0 amide bonds. The average molecular weight is 362 g/mol. The molecule has 0 aliphatic heterocycles. The van der Waals surface area contributed by atoms with Gasteiger partial charge in [0.25, 0.3) is 0 Å². The van der Waals surface area contributed by atoms with E-state index in [4.69, 9.17) is 0 Å². The summed E-state index contributed by atoms with van der Waals surface area (Å²) in [4.78, 5) is 0. The van der Waals surface area contributed by atoms with Crippen LogP contribution in [0.2, 0.25) is 0 Å². The largest absolute Gasteiger partial charge is 0.388 e. The number of aliphatic hydroxyl groups is 1. The molecule has 0 heterocycles. The minimum atomic E-state index is -0.456. The van der Waals surface area contributed by atoms with Gasteiger partial charge in [-0.05, 0) is 77.3 Å². The van der Waals surface area contributed by atoms with Crippen molar-refractivity contribution >= 4 is 22.6 Å². The molecule has 1 nitrogen and oxygen atoms in total. The Bertz CT molecular complexity index is 411. The molecular weight excluding hydrogens is 342 g/mol. The van der Waals surface area contributed by atoms with Crippen molar-refractivity contribution in [3.8, 4) is 0 Å². The SMILES string of the molecule is CC1CC(C)CC(C(O)c2ccc(F)cc2I)C1. The van der Waals surface area contributed by atoms with E-state index < -0.39 is 6.10 Å². The number of hydrogen-bond donors (Lipinski definition) is 1. The molecule has 3 heteroatoms. The summed E-state index contributed by atoms with van der Waals surface area (Å²) < 4.78 is 13.9. The Hall–Kier alpha value is -0.160. The molecule has 1 aromatic rings. The first-order valence-corrected chi connectivity index (χ1v) is 7.68. The molecule has 18 heavy (non-hydrogen) atoms. The molecule has 0 saturated heterocycles. The second kappa shape index (κ2) is 5.87. The Morgan fingerprint density at radius 3 is 2.39 bits per heavy atom. The van der Waals surface area contributed by atoms with Gasteiger partial charge in [0, 0.05) is 3.57 Å². The maximum absolute atomic E-state index is 13.1. The molecular formula is C15H20FIO. The highest BCUT2D eigenvalue weighted by Crippen LogP contribution is 2.40. The van der Waals surface area contributed by atoms with E-state index in [0.29, 0.717) is 17.8 Å². The van der Waals surface area contributed by atoms with Crippen molar-refractivity contribution in [3.63, 3.8) is 0 Å². The van der Waals surface area contributed by atoms with Crippen LogP contribution in [0, 0.1) is 27.1 Å². The molecule has 1 aliphatic rings. The fourth-order valence-electron chi connectivity index (χ4n) is 3.26. The molecule has 100 valence electrons. The van der Waals surface area contributed by atoms with E-state index in [-0.39, 0.29) is 5.82 Å². The zero-order valence-corrected chi connectivity index (χ0v) is 13.0. The van der Waals surface area contributed by atoms with E-state index in [9.17, 15) is 9.50 Å². The molecule has 1 N–H and O–H groups in total. The van der Waals surface area contributed by atoms with Crippen LogP contribution >= 0.6 is 22.6 Å². The molecule has 1 aliphatic carbocycles. The summed E-state index contributed by atoms with van der Waals surface area (Å²) in [5.74, 6) is 1.42. The molecule has 1 aromatic carbocycles. The van der Waals surface area contributed by atoms with E-state index in [1.807, 2.05) is 0 Å². The molecule has 0 spiro atoms. The Kier molecular flexibility index (Phi) is 4.64. The van der Waals surface area contributed by atoms with Gasteiger partial charge < -0.3 is 5.11 Å². The van der Waals surface area contributed by atoms with Crippen LogP contribution in [0.1, 0.15) is 44.8 Å². The normalized spacial score (nSPS) is 30.2. The van der Waals surface area contributed by atoms with E-state index in [2.05, 4.69) is 36.4 Å². The third-order valence-corrected chi connectivity index (χ3v) is 4.88. The Balaban J connectivity index is 2.17. The van der Waals surface area contributed by atoms with E-state index in [0.717, 1.165) is 22.0 Å². The predicted molar refractivity (Wildman–Crippen MR) is 79.7 cm³/mol.